The van der Waals surface area contributed by atoms with Crippen molar-refractivity contribution in [3.8, 4) is 0 Å². The van der Waals surface area contributed by atoms with Gasteiger partial charge in [-0.2, -0.15) is 0 Å². The van der Waals surface area contributed by atoms with Crippen molar-refractivity contribution in [1.82, 2.24) is 0 Å². The highest BCUT2D eigenvalue weighted by Gasteiger charge is 2.49. The molecule has 0 saturated carbocycles. The quantitative estimate of drug-likeness (QED) is 0.531. The van der Waals surface area contributed by atoms with Crippen molar-refractivity contribution in [3.05, 3.63) is 53.6 Å². The molecule has 148 valence electrons. The summed E-state index contributed by atoms with van der Waals surface area (Å²) >= 11 is 0. The van der Waals surface area contributed by atoms with Crippen molar-refractivity contribution < 1.29 is 29.7 Å². The fourth-order valence-electron chi connectivity index (χ4n) is 3.64. The van der Waals surface area contributed by atoms with Gasteiger partial charge < -0.3 is 26.0 Å². The molecule has 2 aliphatic heterocycles. The summed E-state index contributed by atoms with van der Waals surface area (Å²) in [4.78, 5) is 40.3. The van der Waals surface area contributed by atoms with E-state index >= 15 is 0 Å². The van der Waals surface area contributed by atoms with E-state index in [1.54, 1.807) is 24.3 Å². The Morgan fingerprint density at radius 1 is 1.07 bits per heavy atom. The van der Waals surface area contributed by atoms with Crippen molar-refractivity contribution in [2.24, 2.45) is 4.99 Å². The first-order chi connectivity index (χ1) is 13.8. The lowest BCUT2D eigenvalue weighted by molar-refractivity contribution is -0.162. The number of aliphatic carboxylic acids is 2. The average Bonchev–Trinajstić information content (AvgIpc) is 2.86. The number of carboxylic acid groups (broad SMARTS) is 2. The zero-order valence-corrected chi connectivity index (χ0v) is 15.0. The van der Waals surface area contributed by atoms with E-state index in [1.807, 2.05) is 6.07 Å². The van der Waals surface area contributed by atoms with Gasteiger partial charge in [0.1, 0.15) is 6.04 Å². The molecule has 2 unspecified atom stereocenters. The lowest BCUT2D eigenvalue weighted by atomic mass is 9.81. The summed E-state index contributed by atoms with van der Waals surface area (Å²) in [6.07, 6.45) is -0.630. The van der Waals surface area contributed by atoms with Crippen molar-refractivity contribution in [3.63, 3.8) is 0 Å². The minimum Gasteiger partial charge on any atom is -0.480 e. The fourth-order valence-corrected chi connectivity index (χ4v) is 3.64. The Morgan fingerprint density at radius 2 is 1.76 bits per heavy atom. The number of nitrogens with zero attached hydrogens (tertiary/aromatic N) is 1. The third-order valence-electron chi connectivity index (χ3n) is 5.03. The molecule has 9 heteroatoms. The summed E-state index contributed by atoms with van der Waals surface area (Å²) in [6, 6.07) is 10.6. The molecule has 9 nitrogen and oxygen atoms in total. The monoisotopic (exact) mass is 395 g/mol. The van der Waals surface area contributed by atoms with Crippen LogP contribution in [0.1, 0.15) is 24.0 Å². The molecule has 1 amide bonds. The largest absolute Gasteiger partial charge is 0.480 e. The van der Waals surface area contributed by atoms with Crippen LogP contribution in [0, 0.1) is 0 Å². The zero-order chi connectivity index (χ0) is 20.8. The van der Waals surface area contributed by atoms with Crippen LogP contribution in [0.3, 0.4) is 0 Å². The second kappa shape index (κ2) is 6.71. The second-order valence-electron chi connectivity index (χ2n) is 6.94. The number of rotatable bonds is 3. The number of carbonyl (C=O) groups is 3. The van der Waals surface area contributed by atoms with E-state index < -0.39 is 30.0 Å². The predicted octanol–water partition coefficient (Wildman–Crippen LogP) is 1.69. The van der Waals surface area contributed by atoms with Crippen LogP contribution >= 0.6 is 0 Å². The van der Waals surface area contributed by atoms with Gasteiger partial charge in [0.05, 0.1) is 23.5 Å². The maximum absolute atomic E-state index is 12.4. The summed E-state index contributed by atoms with van der Waals surface area (Å²) in [5.74, 6) is -3.21. The molecule has 0 bridgehead atoms. The Bertz CT molecular complexity index is 1070. The van der Waals surface area contributed by atoms with E-state index in [-0.39, 0.29) is 35.0 Å². The molecule has 2 aromatic carbocycles. The van der Waals surface area contributed by atoms with Gasteiger partial charge in [0.15, 0.2) is 5.60 Å². The van der Waals surface area contributed by atoms with E-state index in [0.717, 1.165) is 0 Å². The lowest BCUT2D eigenvalue weighted by Gasteiger charge is -2.36. The number of anilines is 2. The molecular weight excluding hydrogens is 378 g/mol. The van der Waals surface area contributed by atoms with Gasteiger partial charge in [0.25, 0.3) is 0 Å². The number of aliphatic imine (C=N–C) groups is 1. The zero-order valence-electron chi connectivity index (χ0n) is 15.0. The minimum absolute atomic E-state index is 0.0376. The number of hydrogen-bond donors (Lipinski definition) is 5. The Balaban J connectivity index is 1.97. The first-order valence-electron chi connectivity index (χ1n) is 8.85. The van der Waals surface area contributed by atoms with E-state index in [9.17, 15) is 29.7 Å². The van der Waals surface area contributed by atoms with Crippen LogP contribution in [0.2, 0.25) is 0 Å². The molecule has 0 fully saturated rings. The molecule has 5 N–H and O–H groups in total. The van der Waals surface area contributed by atoms with Gasteiger partial charge in [0.2, 0.25) is 5.91 Å². The van der Waals surface area contributed by atoms with Gasteiger partial charge in [-0.3, -0.25) is 4.79 Å². The molecule has 2 atom stereocenters. The van der Waals surface area contributed by atoms with Crippen molar-refractivity contribution in [1.29, 1.82) is 0 Å². The normalized spacial score (nSPS) is 22.9. The second-order valence-corrected chi connectivity index (χ2v) is 6.94. The van der Waals surface area contributed by atoms with Gasteiger partial charge in [-0.05, 0) is 17.7 Å². The Hall–Kier alpha value is -3.72. The summed E-state index contributed by atoms with van der Waals surface area (Å²) < 4.78 is 0. The highest BCUT2D eigenvalue weighted by molar-refractivity contribution is 6.17. The summed E-state index contributed by atoms with van der Waals surface area (Å²) in [5.41, 5.74) is -1.00. The van der Waals surface area contributed by atoms with Crippen LogP contribution in [0.15, 0.2) is 47.5 Å². The molecule has 0 saturated heterocycles. The minimum atomic E-state index is -2.49. The van der Waals surface area contributed by atoms with Crippen LogP contribution < -0.4 is 10.6 Å². The summed E-state index contributed by atoms with van der Waals surface area (Å²) in [7, 11) is 0. The van der Waals surface area contributed by atoms with Crippen LogP contribution in [-0.2, 0) is 20.0 Å². The maximum atomic E-state index is 12.4. The van der Waals surface area contributed by atoms with Crippen molar-refractivity contribution >= 4 is 40.6 Å². The lowest BCUT2D eigenvalue weighted by Crippen LogP contribution is -2.48. The molecule has 2 heterocycles. The van der Waals surface area contributed by atoms with Gasteiger partial charge in [-0.1, -0.05) is 30.3 Å². The van der Waals surface area contributed by atoms with Crippen molar-refractivity contribution in [2.75, 3.05) is 10.6 Å². The van der Waals surface area contributed by atoms with Crippen LogP contribution in [0.5, 0.6) is 0 Å². The van der Waals surface area contributed by atoms with E-state index in [4.69, 9.17) is 0 Å². The fraction of sp³-hybridized carbons (Fsp3) is 0.200. The Labute approximate surface area is 164 Å². The number of hydrogen-bond acceptors (Lipinski definition) is 6. The molecule has 0 radical (unpaired) electrons. The van der Waals surface area contributed by atoms with Crippen LogP contribution in [-0.4, -0.2) is 44.9 Å². The van der Waals surface area contributed by atoms with Gasteiger partial charge >= 0.3 is 11.9 Å². The standard InChI is InChI=1S/C20H17N3O6/c24-15-8-13(10-4-2-1-3-5-10)23-17-12(22-15)7-6-11-16(17)20(29,19(27)28)9-14(21-11)18(25)26/h1-7,14,21,29H,8-9H2,(H,22,24)(H,25,26)(H,27,28). The number of carboxylic acids is 2. The molecule has 2 aliphatic rings. The van der Waals surface area contributed by atoms with Crippen molar-refractivity contribution in [2.45, 2.75) is 24.5 Å². The number of amides is 1. The van der Waals surface area contributed by atoms with E-state index in [0.29, 0.717) is 11.3 Å². The first kappa shape index (κ1) is 18.6. The van der Waals surface area contributed by atoms with Crippen LogP contribution in [0.25, 0.3) is 0 Å². The molecule has 29 heavy (non-hydrogen) atoms. The van der Waals surface area contributed by atoms with Gasteiger partial charge in [0, 0.05) is 17.7 Å². The highest BCUT2D eigenvalue weighted by Crippen LogP contribution is 2.47. The molecular formula is C20H17N3O6. The molecule has 4 rings (SSSR count). The first-order valence-corrected chi connectivity index (χ1v) is 8.85. The number of nitrogens with one attached hydrogen (secondary N) is 2. The topological polar surface area (TPSA) is 148 Å². The Morgan fingerprint density at radius 3 is 2.41 bits per heavy atom. The molecule has 0 aromatic heterocycles. The third kappa shape index (κ3) is 3.11. The van der Waals surface area contributed by atoms with Gasteiger partial charge in [-0.25, -0.2) is 14.6 Å². The third-order valence-corrected chi connectivity index (χ3v) is 5.03. The number of fused-ring (bicyclic) bond motifs is 3. The molecule has 2 aromatic rings. The molecule has 0 aliphatic carbocycles. The SMILES string of the molecule is O=C1CC(c2ccccc2)=Nc2c(ccc3c2C(O)(C(=O)O)CC(C(=O)O)N3)N1. The number of benzene rings is 2. The Kier molecular flexibility index (Phi) is 4.31. The van der Waals surface area contributed by atoms with Gasteiger partial charge in [-0.15, -0.1) is 0 Å². The predicted molar refractivity (Wildman–Crippen MR) is 104 cm³/mol. The van der Waals surface area contributed by atoms with E-state index in [2.05, 4.69) is 15.6 Å². The highest BCUT2D eigenvalue weighted by atomic mass is 16.4. The molecule has 0 spiro atoms. The maximum Gasteiger partial charge on any atom is 0.340 e. The van der Waals surface area contributed by atoms with Crippen LogP contribution in [0.4, 0.5) is 17.1 Å². The summed E-state index contributed by atoms with van der Waals surface area (Å²) in [5, 5.41) is 35.5. The van der Waals surface area contributed by atoms with E-state index in [1.165, 1.54) is 12.1 Å². The average molecular weight is 395 g/mol. The smallest absolute Gasteiger partial charge is 0.340 e. The summed E-state index contributed by atoms with van der Waals surface area (Å²) in [6.45, 7) is 0. The number of carbonyl (C=O) groups excluding carboxylic acids is 1. The number of aliphatic hydroxyl groups is 1.